The van der Waals surface area contributed by atoms with Gasteiger partial charge in [0.05, 0.1) is 28.5 Å². The number of hydrogen-bond donors (Lipinski definition) is 1. The molecule has 2 N–H and O–H groups in total. The van der Waals surface area contributed by atoms with E-state index in [2.05, 4.69) is 5.10 Å². The molecule has 2 aromatic heterocycles. The fourth-order valence-electron chi connectivity index (χ4n) is 2.06. The van der Waals surface area contributed by atoms with Crippen molar-refractivity contribution in [3.63, 3.8) is 0 Å². The van der Waals surface area contributed by atoms with Crippen LogP contribution in [0.1, 0.15) is 22.6 Å². The second-order valence-electron chi connectivity index (χ2n) is 4.61. The summed E-state index contributed by atoms with van der Waals surface area (Å²) < 4.78 is 3.27. The molecule has 20 heavy (non-hydrogen) atoms. The molecule has 0 aliphatic rings. The summed E-state index contributed by atoms with van der Waals surface area (Å²) >= 11 is 11.1. The smallest absolute Gasteiger partial charge is 0.261 e. The minimum Gasteiger partial charge on any atom is -0.389 e. The van der Waals surface area contributed by atoms with E-state index in [-0.39, 0.29) is 10.5 Å². The largest absolute Gasteiger partial charge is 0.389 e. The van der Waals surface area contributed by atoms with Crippen LogP contribution in [0.4, 0.5) is 0 Å². The number of halogens is 1. The monoisotopic (exact) mass is 310 g/mol. The Morgan fingerprint density at radius 2 is 2.10 bits per heavy atom. The second kappa shape index (κ2) is 5.38. The molecule has 7 heteroatoms. The molecule has 0 amide bonds. The lowest BCUT2D eigenvalue weighted by molar-refractivity contribution is 0.640. The number of hydrogen-bond acceptors (Lipinski definition) is 3. The molecule has 0 aromatic carbocycles. The number of nitrogens with zero attached hydrogens (tertiary/aromatic N) is 3. The van der Waals surface area contributed by atoms with Crippen molar-refractivity contribution < 1.29 is 0 Å². The number of aromatic nitrogens is 3. The molecule has 0 radical (unpaired) electrons. The Hall–Kier alpha value is -1.66. The van der Waals surface area contributed by atoms with Gasteiger partial charge >= 0.3 is 0 Å². The summed E-state index contributed by atoms with van der Waals surface area (Å²) in [5.74, 6) is 0. The molecule has 0 unspecified atom stereocenters. The van der Waals surface area contributed by atoms with Gasteiger partial charge in [0.15, 0.2) is 0 Å². The van der Waals surface area contributed by atoms with Gasteiger partial charge in [-0.3, -0.25) is 9.48 Å². The van der Waals surface area contributed by atoms with Crippen LogP contribution < -0.4 is 11.3 Å². The van der Waals surface area contributed by atoms with Gasteiger partial charge < -0.3 is 10.3 Å². The number of thiocarbonyl (C=S) groups is 1. The SMILES string of the molecule is Cc1nn(C)c(Cn2c(C)ccc(C(N)=S)c2=O)c1Cl. The number of pyridine rings is 1. The maximum Gasteiger partial charge on any atom is 0.261 e. The zero-order valence-corrected chi connectivity index (χ0v) is 13.0. The van der Waals surface area contributed by atoms with Gasteiger partial charge in [0.1, 0.15) is 4.99 Å². The van der Waals surface area contributed by atoms with E-state index in [9.17, 15) is 4.79 Å². The molecule has 0 spiro atoms. The van der Waals surface area contributed by atoms with Gasteiger partial charge in [0.2, 0.25) is 0 Å². The summed E-state index contributed by atoms with van der Waals surface area (Å²) in [7, 11) is 1.80. The van der Waals surface area contributed by atoms with E-state index in [0.717, 1.165) is 17.1 Å². The number of rotatable bonds is 3. The molecule has 0 aliphatic heterocycles. The predicted octanol–water partition coefficient (Wildman–Crippen LogP) is 1.53. The molecule has 0 aliphatic carbocycles. The van der Waals surface area contributed by atoms with Crippen molar-refractivity contribution in [3.05, 3.63) is 50.2 Å². The average molecular weight is 311 g/mol. The third-order valence-electron chi connectivity index (χ3n) is 3.23. The van der Waals surface area contributed by atoms with Crippen molar-refractivity contribution >= 4 is 28.8 Å². The van der Waals surface area contributed by atoms with Crippen molar-refractivity contribution in [1.29, 1.82) is 0 Å². The molecule has 5 nitrogen and oxygen atoms in total. The first kappa shape index (κ1) is 14.7. The zero-order valence-electron chi connectivity index (χ0n) is 11.5. The lowest BCUT2D eigenvalue weighted by Crippen LogP contribution is -2.31. The Bertz CT molecular complexity index is 748. The molecular formula is C13H15ClN4OS. The first-order chi connectivity index (χ1) is 9.32. The maximum atomic E-state index is 12.4. The van der Waals surface area contributed by atoms with Crippen LogP contribution in [0.5, 0.6) is 0 Å². The fraction of sp³-hybridized carbons (Fsp3) is 0.308. The minimum absolute atomic E-state index is 0.0935. The first-order valence-corrected chi connectivity index (χ1v) is 6.79. The molecule has 0 atom stereocenters. The second-order valence-corrected chi connectivity index (χ2v) is 5.43. The van der Waals surface area contributed by atoms with Crippen molar-refractivity contribution in [2.45, 2.75) is 20.4 Å². The standard InChI is InChI=1S/C13H15ClN4OS/c1-7-4-5-9(12(15)20)13(19)18(7)6-10-11(14)8(2)16-17(10)3/h4-5H,6H2,1-3H3,(H2,15,20). The van der Waals surface area contributed by atoms with Crippen LogP contribution in [-0.2, 0) is 13.6 Å². The van der Waals surface area contributed by atoms with Gasteiger partial charge in [-0.2, -0.15) is 5.10 Å². The van der Waals surface area contributed by atoms with Crippen LogP contribution in [0.15, 0.2) is 16.9 Å². The fourth-order valence-corrected chi connectivity index (χ4v) is 2.43. The summed E-state index contributed by atoms with van der Waals surface area (Å²) in [6, 6.07) is 3.46. The molecule has 106 valence electrons. The summed E-state index contributed by atoms with van der Waals surface area (Å²) in [5, 5.41) is 4.81. The quantitative estimate of drug-likeness (QED) is 0.873. The Labute approximate surface area is 127 Å². The normalized spacial score (nSPS) is 10.8. The molecule has 0 fully saturated rings. The highest BCUT2D eigenvalue weighted by atomic mass is 35.5. The highest BCUT2D eigenvalue weighted by Gasteiger charge is 2.15. The molecule has 0 bridgehead atoms. The van der Waals surface area contributed by atoms with Crippen LogP contribution in [-0.4, -0.2) is 19.3 Å². The molecular weight excluding hydrogens is 296 g/mol. The van der Waals surface area contributed by atoms with E-state index in [0.29, 0.717) is 17.1 Å². The lowest BCUT2D eigenvalue weighted by atomic mass is 10.2. The van der Waals surface area contributed by atoms with Gasteiger partial charge in [-0.25, -0.2) is 0 Å². The zero-order chi connectivity index (χ0) is 15.0. The van der Waals surface area contributed by atoms with Crippen molar-refractivity contribution in [2.75, 3.05) is 0 Å². The predicted molar refractivity (Wildman–Crippen MR) is 83.4 cm³/mol. The topological polar surface area (TPSA) is 65.8 Å². The van der Waals surface area contributed by atoms with Crippen LogP contribution in [0, 0.1) is 13.8 Å². The Morgan fingerprint density at radius 3 is 2.60 bits per heavy atom. The highest BCUT2D eigenvalue weighted by molar-refractivity contribution is 7.80. The molecule has 2 rings (SSSR count). The Balaban J connectivity index is 2.57. The van der Waals surface area contributed by atoms with Gasteiger partial charge in [0.25, 0.3) is 5.56 Å². The van der Waals surface area contributed by atoms with E-state index >= 15 is 0 Å². The number of aryl methyl sites for hydroxylation is 3. The average Bonchev–Trinajstić information content (AvgIpc) is 2.59. The molecule has 2 aromatic rings. The van der Waals surface area contributed by atoms with Gasteiger partial charge in [-0.05, 0) is 26.0 Å². The Kier molecular flexibility index (Phi) is 3.96. The Morgan fingerprint density at radius 1 is 1.45 bits per heavy atom. The van der Waals surface area contributed by atoms with E-state index < -0.39 is 0 Å². The third kappa shape index (κ3) is 2.48. The highest BCUT2D eigenvalue weighted by Crippen LogP contribution is 2.20. The van der Waals surface area contributed by atoms with E-state index in [1.54, 1.807) is 22.4 Å². The van der Waals surface area contributed by atoms with Gasteiger partial charge in [-0.15, -0.1) is 0 Å². The van der Waals surface area contributed by atoms with E-state index in [1.807, 2.05) is 19.9 Å². The van der Waals surface area contributed by atoms with Crippen LogP contribution >= 0.6 is 23.8 Å². The summed E-state index contributed by atoms with van der Waals surface area (Å²) in [5.41, 5.74) is 8.00. The van der Waals surface area contributed by atoms with Crippen LogP contribution in [0.2, 0.25) is 5.02 Å². The van der Waals surface area contributed by atoms with Crippen molar-refractivity contribution in [2.24, 2.45) is 12.8 Å². The summed E-state index contributed by atoms with van der Waals surface area (Å²) in [6.07, 6.45) is 0. The van der Waals surface area contributed by atoms with Crippen LogP contribution in [0.25, 0.3) is 0 Å². The lowest BCUT2D eigenvalue weighted by Gasteiger charge is -2.12. The summed E-state index contributed by atoms with van der Waals surface area (Å²) in [4.78, 5) is 12.5. The van der Waals surface area contributed by atoms with Crippen molar-refractivity contribution in [3.8, 4) is 0 Å². The van der Waals surface area contributed by atoms with E-state index in [4.69, 9.17) is 29.6 Å². The van der Waals surface area contributed by atoms with Gasteiger partial charge in [-0.1, -0.05) is 23.8 Å². The van der Waals surface area contributed by atoms with Crippen molar-refractivity contribution in [1.82, 2.24) is 14.3 Å². The molecule has 0 saturated carbocycles. The van der Waals surface area contributed by atoms with Crippen LogP contribution in [0.3, 0.4) is 0 Å². The summed E-state index contributed by atoms with van der Waals surface area (Å²) in [6.45, 7) is 4.01. The molecule has 0 saturated heterocycles. The maximum absolute atomic E-state index is 12.4. The number of nitrogens with two attached hydrogens (primary N) is 1. The molecule has 2 heterocycles. The third-order valence-corrected chi connectivity index (χ3v) is 3.94. The van der Waals surface area contributed by atoms with E-state index in [1.165, 1.54) is 0 Å². The van der Waals surface area contributed by atoms with Gasteiger partial charge in [0, 0.05) is 12.7 Å². The first-order valence-electron chi connectivity index (χ1n) is 6.01. The minimum atomic E-state index is -0.215.